The van der Waals surface area contributed by atoms with Gasteiger partial charge in [-0.3, -0.25) is 4.90 Å². The molecule has 7 nitrogen and oxygen atoms in total. The highest BCUT2D eigenvalue weighted by molar-refractivity contribution is 7.89. The van der Waals surface area contributed by atoms with E-state index in [1.54, 1.807) is 0 Å². The summed E-state index contributed by atoms with van der Waals surface area (Å²) in [5.74, 6) is 0. The number of nitrogens with zero attached hydrogens (tertiary/aromatic N) is 4. The van der Waals surface area contributed by atoms with Crippen molar-refractivity contribution in [3.8, 4) is 0 Å². The zero-order chi connectivity index (χ0) is 14.9. The standard InChI is InChI=1S/C12H17ClN4O3S/c13-12-14-7-11(8-15-12)21(18,19)17-2-1-10(9-17)16-3-5-20-6-4-16/h7-8,10H,1-6,9H2. The molecule has 1 unspecified atom stereocenters. The first-order valence-electron chi connectivity index (χ1n) is 6.87. The van der Waals surface area contributed by atoms with E-state index in [1.165, 1.54) is 16.7 Å². The zero-order valence-electron chi connectivity index (χ0n) is 11.5. The Morgan fingerprint density at radius 1 is 1.19 bits per heavy atom. The van der Waals surface area contributed by atoms with E-state index in [-0.39, 0.29) is 16.2 Å². The van der Waals surface area contributed by atoms with Gasteiger partial charge in [-0.25, -0.2) is 18.4 Å². The number of sulfonamides is 1. The highest BCUT2D eigenvalue weighted by atomic mass is 35.5. The van der Waals surface area contributed by atoms with Crippen LogP contribution in [-0.2, 0) is 14.8 Å². The summed E-state index contributed by atoms with van der Waals surface area (Å²) >= 11 is 5.60. The van der Waals surface area contributed by atoms with E-state index in [1.807, 2.05) is 0 Å². The first-order valence-corrected chi connectivity index (χ1v) is 8.68. The summed E-state index contributed by atoms with van der Waals surface area (Å²) in [6.45, 7) is 4.19. The van der Waals surface area contributed by atoms with Crippen molar-refractivity contribution in [1.29, 1.82) is 0 Å². The Balaban J connectivity index is 1.71. The van der Waals surface area contributed by atoms with Crippen molar-refractivity contribution in [1.82, 2.24) is 19.2 Å². The molecular formula is C12H17ClN4O3S. The first-order chi connectivity index (χ1) is 10.1. The fourth-order valence-electron chi connectivity index (χ4n) is 2.75. The Kier molecular flexibility index (Phi) is 4.41. The van der Waals surface area contributed by atoms with Crippen molar-refractivity contribution in [2.75, 3.05) is 39.4 Å². The summed E-state index contributed by atoms with van der Waals surface area (Å²) in [5, 5.41) is 0.0431. The molecule has 2 aliphatic rings. The molecule has 0 amide bonds. The van der Waals surface area contributed by atoms with Crippen LogP contribution in [0, 0.1) is 0 Å². The van der Waals surface area contributed by atoms with E-state index >= 15 is 0 Å². The predicted molar refractivity (Wildman–Crippen MR) is 76.6 cm³/mol. The Morgan fingerprint density at radius 2 is 1.86 bits per heavy atom. The topological polar surface area (TPSA) is 75.6 Å². The first kappa shape index (κ1) is 15.1. The predicted octanol–water partition coefficient (Wildman–Crippen LogP) is 0.225. The second-order valence-corrected chi connectivity index (χ2v) is 7.42. The molecule has 0 aromatic carbocycles. The van der Waals surface area contributed by atoms with Crippen molar-refractivity contribution in [3.05, 3.63) is 17.7 Å². The molecule has 9 heteroatoms. The van der Waals surface area contributed by atoms with Crippen LogP contribution in [-0.4, -0.2) is 73.0 Å². The van der Waals surface area contributed by atoms with Gasteiger partial charge in [-0.2, -0.15) is 4.31 Å². The molecule has 1 aromatic rings. The summed E-state index contributed by atoms with van der Waals surface area (Å²) < 4.78 is 31.9. The molecule has 2 saturated heterocycles. The SMILES string of the molecule is O=S(=O)(c1cnc(Cl)nc1)N1CCC(N2CCOCC2)C1. The van der Waals surface area contributed by atoms with Gasteiger partial charge in [0.2, 0.25) is 15.3 Å². The summed E-state index contributed by atoms with van der Waals surface area (Å²) in [5.41, 5.74) is 0. The van der Waals surface area contributed by atoms with Crippen molar-refractivity contribution in [3.63, 3.8) is 0 Å². The molecule has 0 saturated carbocycles. The molecule has 0 bridgehead atoms. The van der Waals surface area contributed by atoms with Gasteiger partial charge in [0.25, 0.3) is 0 Å². The van der Waals surface area contributed by atoms with E-state index in [4.69, 9.17) is 16.3 Å². The summed E-state index contributed by atoms with van der Waals surface area (Å²) in [4.78, 5) is 9.89. The molecule has 0 N–H and O–H groups in total. The Labute approximate surface area is 128 Å². The third-order valence-electron chi connectivity index (χ3n) is 3.92. The van der Waals surface area contributed by atoms with Gasteiger partial charge in [-0.1, -0.05) is 0 Å². The van der Waals surface area contributed by atoms with Crippen LogP contribution >= 0.6 is 11.6 Å². The fraction of sp³-hybridized carbons (Fsp3) is 0.667. The number of rotatable bonds is 3. The van der Waals surface area contributed by atoms with Crippen LogP contribution in [0.5, 0.6) is 0 Å². The second-order valence-electron chi connectivity index (χ2n) is 5.14. The molecule has 3 heterocycles. The van der Waals surface area contributed by atoms with Crippen molar-refractivity contribution in [2.24, 2.45) is 0 Å². The monoisotopic (exact) mass is 332 g/mol. The third-order valence-corrected chi connectivity index (χ3v) is 5.94. The van der Waals surface area contributed by atoms with Crippen LogP contribution in [0.25, 0.3) is 0 Å². The normalized spacial score (nSPS) is 25.3. The van der Waals surface area contributed by atoms with Crippen molar-refractivity contribution >= 4 is 21.6 Å². The minimum Gasteiger partial charge on any atom is -0.379 e. The van der Waals surface area contributed by atoms with E-state index in [9.17, 15) is 8.42 Å². The van der Waals surface area contributed by atoms with Gasteiger partial charge >= 0.3 is 0 Å². The molecule has 116 valence electrons. The van der Waals surface area contributed by atoms with Crippen LogP contribution in [0.4, 0.5) is 0 Å². The number of halogens is 1. The Bertz CT molecular complexity index is 589. The molecule has 2 aliphatic heterocycles. The maximum Gasteiger partial charge on any atom is 0.246 e. The van der Waals surface area contributed by atoms with Crippen LogP contribution in [0.2, 0.25) is 5.28 Å². The lowest BCUT2D eigenvalue weighted by Gasteiger charge is -2.32. The van der Waals surface area contributed by atoms with Crippen LogP contribution < -0.4 is 0 Å². The number of morpholine rings is 1. The van der Waals surface area contributed by atoms with Gasteiger partial charge in [0.05, 0.1) is 25.6 Å². The number of hydrogen-bond donors (Lipinski definition) is 0. The zero-order valence-corrected chi connectivity index (χ0v) is 13.1. The quantitative estimate of drug-likeness (QED) is 0.737. The highest BCUT2D eigenvalue weighted by Crippen LogP contribution is 2.23. The maximum absolute atomic E-state index is 12.5. The summed E-state index contributed by atoms with van der Waals surface area (Å²) in [6.07, 6.45) is 3.35. The lowest BCUT2D eigenvalue weighted by atomic mass is 10.2. The van der Waals surface area contributed by atoms with Gasteiger partial charge in [-0.15, -0.1) is 0 Å². The van der Waals surface area contributed by atoms with E-state index in [2.05, 4.69) is 14.9 Å². The Morgan fingerprint density at radius 3 is 2.52 bits per heavy atom. The molecule has 1 atom stereocenters. The van der Waals surface area contributed by atoms with Crippen molar-refractivity contribution < 1.29 is 13.2 Å². The highest BCUT2D eigenvalue weighted by Gasteiger charge is 2.35. The van der Waals surface area contributed by atoms with Gasteiger partial charge in [0.15, 0.2) is 0 Å². The number of ether oxygens (including phenoxy) is 1. The number of aromatic nitrogens is 2. The van der Waals surface area contributed by atoms with E-state index in [0.717, 1.165) is 19.5 Å². The Hall–Kier alpha value is -0.800. The maximum atomic E-state index is 12.5. The smallest absolute Gasteiger partial charge is 0.246 e. The van der Waals surface area contributed by atoms with Crippen molar-refractivity contribution in [2.45, 2.75) is 17.4 Å². The minimum atomic E-state index is -3.54. The number of hydrogen-bond acceptors (Lipinski definition) is 6. The average molecular weight is 333 g/mol. The lowest BCUT2D eigenvalue weighted by molar-refractivity contribution is 0.0197. The summed E-state index contributed by atoms with van der Waals surface area (Å²) in [7, 11) is -3.54. The molecule has 0 aliphatic carbocycles. The molecule has 2 fully saturated rings. The van der Waals surface area contributed by atoms with E-state index < -0.39 is 10.0 Å². The molecule has 0 radical (unpaired) electrons. The molecule has 21 heavy (non-hydrogen) atoms. The van der Waals surface area contributed by atoms with Crippen LogP contribution in [0.15, 0.2) is 17.3 Å². The average Bonchev–Trinajstić information content (AvgIpc) is 2.99. The molecular weight excluding hydrogens is 316 g/mol. The minimum absolute atomic E-state index is 0.0431. The lowest BCUT2D eigenvalue weighted by Crippen LogP contribution is -2.45. The second kappa shape index (κ2) is 6.13. The molecule has 3 rings (SSSR count). The van der Waals surface area contributed by atoms with Crippen LogP contribution in [0.3, 0.4) is 0 Å². The summed E-state index contributed by atoms with van der Waals surface area (Å²) in [6, 6.07) is 0.261. The van der Waals surface area contributed by atoms with E-state index in [0.29, 0.717) is 26.3 Å². The largest absolute Gasteiger partial charge is 0.379 e. The van der Waals surface area contributed by atoms with Gasteiger partial charge in [0, 0.05) is 32.2 Å². The van der Waals surface area contributed by atoms with Crippen LogP contribution in [0.1, 0.15) is 6.42 Å². The van der Waals surface area contributed by atoms with Gasteiger partial charge < -0.3 is 4.74 Å². The van der Waals surface area contributed by atoms with Gasteiger partial charge in [0.1, 0.15) is 4.90 Å². The molecule has 1 aromatic heterocycles. The van der Waals surface area contributed by atoms with Gasteiger partial charge in [-0.05, 0) is 18.0 Å². The third kappa shape index (κ3) is 3.19. The molecule has 0 spiro atoms. The fourth-order valence-corrected chi connectivity index (χ4v) is 4.23.